The van der Waals surface area contributed by atoms with Crippen LogP contribution in [0.15, 0.2) is 66.0 Å². The lowest BCUT2D eigenvalue weighted by Gasteiger charge is -2.19. The Labute approximate surface area is 170 Å². The number of benzene rings is 2. The molecule has 0 bridgehead atoms. The Kier molecular flexibility index (Phi) is 5.16. The molecule has 0 radical (unpaired) electrons. The molecule has 0 unspecified atom stereocenters. The van der Waals surface area contributed by atoms with E-state index in [1.165, 1.54) is 11.9 Å². The van der Waals surface area contributed by atoms with Crippen LogP contribution in [-0.2, 0) is 12.0 Å². The van der Waals surface area contributed by atoms with Crippen LogP contribution < -0.4 is 4.74 Å². The summed E-state index contributed by atoms with van der Waals surface area (Å²) in [6.07, 6.45) is 5.35. The van der Waals surface area contributed by atoms with Crippen LogP contribution in [0.5, 0.6) is 5.75 Å². The van der Waals surface area contributed by atoms with Crippen LogP contribution in [0, 0.1) is 0 Å². The third-order valence-electron chi connectivity index (χ3n) is 4.87. The van der Waals surface area contributed by atoms with E-state index in [4.69, 9.17) is 4.74 Å². The SMILES string of the molecule is CC(C)(C)c1ccc(OCCn2cc(/C=N/c3ncn[nH]3)c3ccccc32)cc1. The highest BCUT2D eigenvalue weighted by Crippen LogP contribution is 2.24. The van der Waals surface area contributed by atoms with Crippen molar-refractivity contribution in [1.82, 2.24) is 19.7 Å². The maximum atomic E-state index is 5.98. The van der Waals surface area contributed by atoms with Crippen LogP contribution in [-0.4, -0.2) is 32.6 Å². The Bertz CT molecular complexity index is 1100. The van der Waals surface area contributed by atoms with Crippen molar-refractivity contribution in [3.05, 3.63) is 72.2 Å². The molecule has 0 aliphatic heterocycles. The highest BCUT2D eigenvalue weighted by molar-refractivity contribution is 5.99. The molecule has 2 aromatic heterocycles. The van der Waals surface area contributed by atoms with Crippen molar-refractivity contribution in [3.63, 3.8) is 0 Å². The summed E-state index contributed by atoms with van der Waals surface area (Å²) >= 11 is 0. The van der Waals surface area contributed by atoms with Crippen molar-refractivity contribution in [2.24, 2.45) is 4.99 Å². The Hall–Kier alpha value is -3.41. The topological polar surface area (TPSA) is 68.1 Å². The first-order chi connectivity index (χ1) is 14.0. The molecule has 4 aromatic rings. The van der Waals surface area contributed by atoms with Gasteiger partial charge in [-0.25, -0.2) is 10.1 Å². The maximum absolute atomic E-state index is 5.98. The summed E-state index contributed by atoms with van der Waals surface area (Å²) in [5.41, 5.74) is 3.63. The lowest BCUT2D eigenvalue weighted by molar-refractivity contribution is 0.300. The minimum Gasteiger partial charge on any atom is -0.492 e. The van der Waals surface area contributed by atoms with E-state index in [1.54, 1.807) is 0 Å². The molecule has 4 rings (SSSR count). The summed E-state index contributed by atoms with van der Waals surface area (Å²) in [7, 11) is 0. The number of nitrogens with one attached hydrogen (secondary N) is 1. The summed E-state index contributed by atoms with van der Waals surface area (Å²) in [5.74, 6) is 1.38. The van der Waals surface area contributed by atoms with Crippen LogP contribution in [0.2, 0.25) is 0 Å². The number of fused-ring (bicyclic) bond motifs is 1. The number of aromatic amines is 1. The average molecular weight is 387 g/mol. The second-order valence-corrected chi connectivity index (χ2v) is 7.99. The van der Waals surface area contributed by atoms with Gasteiger partial charge in [0.25, 0.3) is 0 Å². The van der Waals surface area contributed by atoms with Gasteiger partial charge in [-0.2, -0.15) is 10.1 Å². The van der Waals surface area contributed by atoms with Gasteiger partial charge in [0.1, 0.15) is 18.7 Å². The molecule has 1 N–H and O–H groups in total. The number of hydrogen-bond acceptors (Lipinski definition) is 4. The minimum atomic E-state index is 0.145. The van der Waals surface area contributed by atoms with E-state index in [2.05, 4.69) is 76.0 Å². The molecule has 0 saturated carbocycles. The van der Waals surface area contributed by atoms with E-state index >= 15 is 0 Å². The summed E-state index contributed by atoms with van der Waals surface area (Å²) < 4.78 is 8.17. The molecule has 6 nitrogen and oxygen atoms in total. The van der Waals surface area contributed by atoms with E-state index in [9.17, 15) is 0 Å². The summed E-state index contributed by atoms with van der Waals surface area (Å²) in [5, 5.41) is 7.70. The summed E-state index contributed by atoms with van der Waals surface area (Å²) in [6.45, 7) is 7.97. The van der Waals surface area contributed by atoms with Gasteiger partial charge in [0.2, 0.25) is 5.95 Å². The van der Waals surface area contributed by atoms with Crippen molar-refractivity contribution in [2.75, 3.05) is 6.61 Å². The number of rotatable bonds is 6. The number of aliphatic imine (C=N–C) groups is 1. The number of aromatic nitrogens is 4. The summed E-state index contributed by atoms with van der Waals surface area (Å²) in [6, 6.07) is 16.7. The first-order valence-electron chi connectivity index (χ1n) is 9.71. The molecule has 0 atom stereocenters. The van der Waals surface area contributed by atoms with Crippen LogP contribution in [0.3, 0.4) is 0 Å². The van der Waals surface area contributed by atoms with E-state index in [1.807, 2.05) is 30.5 Å². The van der Waals surface area contributed by atoms with Crippen molar-refractivity contribution < 1.29 is 4.74 Å². The Morgan fingerprint density at radius 3 is 2.62 bits per heavy atom. The van der Waals surface area contributed by atoms with Crippen LogP contribution in [0.4, 0.5) is 5.95 Å². The van der Waals surface area contributed by atoms with E-state index < -0.39 is 0 Å². The molecule has 0 fully saturated rings. The summed E-state index contributed by atoms with van der Waals surface area (Å²) in [4.78, 5) is 8.39. The third kappa shape index (κ3) is 4.37. The fourth-order valence-electron chi connectivity index (χ4n) is 3.27. The standard InChI is InChI=1S/C23H25N5O/c1-23(2,3)18-8-10-19(11-9-18)29-13-12-28-15-17(14-24-22-25-16-26-27-22)20-6-4-5-7-21(20)28/h4-11,14-16H,12-13H2,1-3H3,(H,25,26,27)/b24-14+. The van der Waals surface area contributed by atoms with Crippen molar-refractivity contribution in [1.29, 1.82) is 0 Å². The van der Waals surface area contributed by atoms with Gasteiger partial charge in [-0.3, -0.25) is 0 Å². The van der Waals surface area contributed by atoms with Crippen molar-refractivity contribution in [3.8, 4) is 5.75 Å². The fourth-order valence-corrected chi connectivity index (χ4v) is 3.27. The van der Waals surface area contributed by atoms with Gasteiger partial charge in [0, 0.05) is 28.9 Å². The van der Waals surface area contributed by atoms with Crippen molar-refractivity contribution >= 4 is 23.1 Å². The third-order valence-corrected chi connectivity index (χ3v) is 4.87. The van der Waals surface area contributed by atoms with Gasteiger partial charge in [-0.05, 0) is 29.2 Å². The molecule has 0 saturated heterocycles. The van der Waals surface area contributed by atoms with E-state index in [0.717, 1.165) is 28.8 Å². The van der Waals surface area contributed by atoms with Gasteiger partial charge in [0.05, 0.1) is 6.54 Å². The maximum Gasteiger partial charge on any atom is 0.245 e. The Morgan fingerprint density at radius 2 is 1.90 bits per heavy atom. The molecule has 6 heteroatoms. The average Bonchev–Trinajstić information content (AvgIpc) is 3.34. The van der Waals surface area contributed by atoms with Gasteiger partial charge < -0.3 is 9.30 Å². The quantitative estimate of drug-likeness (QED) is 0.479. The van der Waals surface area contributed by atoms with Gasteiger partial charge in [-0.15, -0.1) is 0 Å². The first-order valence-corrected chi connectivity index (χ1v) is 9.71. The smallest absolute Gasteiger partial charge is 0.245 e. The molecule has 29 heavy (non-hydrogen) atoms. The van der Waals surface area contributed by atoms with E-state index in [0.29, 0.717) is 12.6 Å². The zero-order valence-corrected chi connectivity index (χ0v) is 17.0. The first kappa shape index (κ1) is 18.9. The molecule has 0 spiro atoms. The van der Waals surface area contributed by atoms with Crippen LogP contribution in [0.25, 0.3) is 10.9 Å². The number of nitrogens with zero attached hydrogens (tertiary/aromatic N) is 4. The lowest BCUT2D eigenvalue weighted by Crippen LogP contribution is -2.11. The van der Waals surface area contributed by atoms with E-state index in [-0.39, 0.29) is 5.41 Å². The second kappa shape index (κ2) is 7.91. The molecule has 0 aliphatic carbocycles. The minimum absolute atomic E-state index is 0.145. The number of H-pyrrole nitrogens is 1. The van der Waals surface area contributed by atoms with Crippen molar-refractivity contribution in [2.45, 2.75) is 32.7 Å². The Morgan fingerprint density at radius 1 is 1.10 bits per heavy atom. The molecular weight excluding hydrogens is 362 g/mol. The van der Waals surface area contributed by atoms with Crippen LogP contribution >= 0.6 is 0 Å². The highest BCUT2D eigenvalue weighted by atomic mass is 16.5. The fraction of sp³-hybridized carbons (Fsp3) is 0.261. The molecule has 148 valence electrons. The Balaban J connectivity index is 1.47. The zero-order valence-electron chi connectivity index (χ0n) is 17.0. The zero-order chi connectivity index (χ0) is 20.3. The second-order valence-electron chi connectivity index (χ2n) is 7.99. The predicted molar refractivity (Wildman–Crippen MR) is 116 cm³/mol. The number of hydrogen-bond donors (Lipinski definition) is 1. The highest BCUT2D eigenvalue weighted by Gasteiger charge is 2.13. The number of para-hydroxylation sites is 1. The molecule has 2 heterocycles. The molecular formula is C23H25N5O. The van der Waals surface area contributed by atoms with Crippen LogP contribution in [0.1, 0.15) is 31.9 Å². The largest absolute Gasteiger partial charge is 0.492 e. The molecule has 0 aliphatic rings. The monoisotopic (exact) mass is 387 g/mol. The normalized spacial score (nSPS) is 12.1. The molecule has 0 amide bonds. The van der Waals surface area contributed by atoms with Gasteiger partial charge >= 0.3 is 0 Å². The lowest BCUT2D eigenvalue weighted by atomic mass is 9.87. The predicted octanol–water partition coefficient (Wildman–Crippen LogP) is 4.89. The van der Waals surface area contributed by atoms with Gasteiger partial charge in [-0.1, -0.05) is 51.1 Å². The van der Waals surface area contributed by atoms with Gasteiger partial charge in [0.15, 0.2) is 0 Å². The number of ether oxygens (including phenoxy) is 1. The molecule has 2 aromatic carbocycles.